The van der Waals surface area contributed by atoms with Crippen LogP contribution >= 0.6 is 0 Å². The lowest BCUT2D eigenvalue weighted by atomic mass is 10.2. The lowest BCUT2D eigenvalue weighted by Gasteiger charge is -2.11. The fraction of sp³-hybridized carbons (Fsp3) is 0.0435. The Morgan fingerprint density at radius 2 is 1.66 bits per heavy atom. The summed E-state index contributed by atoms with van der Waals surface area (Å²) in [5.41, 5.74) is 3.64. The molecule has 0 saturated carbocycles. The Morgan fingerprint density at radius 1 is 0.897 bits per heavy atom. The zero-order valence-electron chi connectivity index (χ0n) is 15.8. The number of aryl methyl sites for hydroxylation is 1. The van der Waals surface area contributed by atoms with E-state index in [0.717, 1.165) is 22.2 Å². The van der Waals surface area contributed by atoms with E-state index in [1.165, 1.54) is 0 Å². The summed E-state index contributed by atoms with van der Waals surface area (Å²) in [6.45, 7) is 1.91. The van der Waals surface area contributed by atoms with Gasteiger partial charge in [-0.2, -0.15) is 0 Å². The Bertz CT molecular complexity index is 1290. The molecule has 1 heterocycles. The van der Waals surface area contributed by atoms with Gasteiger partial charge in [0.2, 0.25) is 0 Å². The molecule has 0 fully saturated rings. The van der Waals surface area contributed by atoms with Crippen molar-refractivity contribution in [3.63, 3.8) is 0 Å². The quantitative estimate of drug-likeness (QED) is 0.473. The van der Waals surface area contributed by atoms with Gasteiger partial charge >= 0.3 is 0 Å². The van der Waals surface area contributed by atoms with Gasteiger partial charge in [-0.05, 0) is 37.3 Å². The first-order chi connectivity index (χ1) is 14.0. The summed E-state index contributed by atoms with van der Waals surface area (Å²) in [4.78, 5) is 9.17. The van der Waals surface area contributed by atoms with Gasteiger partial charge < -0.3 is 0 Å². The minimum atomic E-state index is -3.69. The molecule has 0 radical (unpaired) electrons. The molecule has 1 aromatic heterocycles. The van der Waals surface area contributed by atoms with E-state index in [4.69, 9.17) is 0 Å². The van der Waals surface area contributed by atoms with Crippen molar-refractivity contribution in [2.75, 3.05) is 4.72 Å². The molecule has 0 unspecified atom stereocenters. The molecular weight excluding hydrogens is 382 g/mol. The molecule has 0 atom stereocenters. The van der Waals surface area contributed by atoms with Crippen LogP contribution in [-0.2, 0) is 10.0 Å². The molecule has 0 spiro atoms. The second-order valence-corrected chi connectivity index (χ2v) is 8.30. The smallest absolute Gasteiger partial charge is 0.261 e. The Kier molecular flexibility index (Phi) is 5.10. The second-order valence-electron chi connectivity index (χ2n) is 6.62. The number of anilines is 1. The average molecular weight is 401 g/mol. The van der Waals surface area contributed by atoms with Crippen LogP contribution in [0.5, 0.6) is 0 Å². The molecule has 0 aliphatic rings. The maximum Gasteiger partial charge on any atom is 0.261 e. The van der Waals surface area contributed by atoms with E-state index >= 15 is 0 Å². The normalized spacial score (nSPS) is 11.8. The number of fused-ring (bicyclic) bond motifs is 1. The van der Waals surface area contributed by atoms with Crippen molar-refractivity contribution in [3.05, 3.63) is 96.2 Å². The largest absolute Gasteiger partial charge is 0.279 e. The van der Waals surface area contributed by atoms with Gasteiger partial charge in [-0.25, -0.2) is 8.42 Å². The predicted octanol–water partition coefficient (Wildman–Crippen LogP) is 5.09. The summed E-state index contributed by atoms with van der Waals surface area (Å²) in [6, 6.07) is 23.5. The first-order valence-electron chi connectivity index (χ1n) is 9.09. The van der Waals surface area contributed by atoms with Crippen LogP contribution in [0, 0.1) is 6.92 Å². The van der Waals surface area contributed by atoms with Crippen molar-refractivity contribution in [2.24, 2.45) is 4.99 Å². The van der Waals surface area contributed by atoms with Crippen molar-refractivity contribution >= 4 is 38.5 Å². The highest BCUT2D eigenvalue weighted by Gasteiger charge is 2.15. The van der Waals surface area contributed by atoms with Crippen molar-refractivity contribution < 1.29 is 8.42 Å². The van der Waals surface area contributed by atoms with Crippen molar-refractivity contribution in [1.82, 2.24) is 4.98 Å². The van der Waals surface area contributed by atoms with Gasteiger partial charge in [0.15, 0.2) is 0 Å². The molecule has 0 amide bonds. The lowest BCUT2D eigenvalue weighted by molar-refractivity contribution is 0.601. The molecule has 5 nitrogen and oxygen atoms in total. The number of benzene rings is 3. The summed E-state index contributed by atoms with van der Waals surface area (Å²) in [7, 11) is -3.69. The third-order valence-electron chi connectivity index (χ3n) is 4.49. The molecule has 6 heteroatoms. The molecule has 1 N–H and O–H groups in total. The maximum atomic E-state index is 12.7. The molecule has 4 rings (SSSR count). The molecule has 0 bridgehead atoms. The van der Waals surface area contributed by atoms with Crippen LogP contribution in [0.2, 0.25) is 0 Å². The number of para-hydroxylation sites is 2. The fourth-order valence-electron chi connectivity index (χ4n) is 2.96. The van der Waals surface area contributed by atoms with Crippen LogP contribution in [0.15, 0.2) is 94.9 Å². The minimum absolute atomic E-state index is 0.216. The van der Waals surface area contributed by atoms with E-state index < -0.39 is 10.0 Å². The number of aliphatic imine (C=N–C) groups is 1. The molecule has 3 aromatic carbocycles. The molecule has 0 aliphatic heterocycles. The van der Waals surface area contributed by atoms with Gasteiger partial charge in [-0.1, -0.05) is 54.1 Å². The van der Waals surface area contributed by atoms with E-state index in [1.54, 1.807) is 48.8 Å². The van der Waals surface area contributed by atoms with E-state index in [2.05, 4.69) is 14.7 Å². The van der Waals surface area contributed by atoms with E-state index in [9.17, 15) is 8.42 Å². The summed E-state index contributed by atoms with van der Waals surface area (Å²) in [5, 5.41) is 0.996. The SMILES string of the molecule is Cc1ccc(S(=O)(=O)Nc2ccccc2C=Nc2cccc3cccnc23)cc1. The topological polar surface area (TPSA) is 71.4 Å². The van der Waals surface area contributed by atoms with Crippen LogP contribution in [0.25, 0.3) is 10.9 Å². The van der Waals surface area contributed by atoms with Gasteiger partial charge in [0, 0.05) is 23.4 Å². The van der Waals surface area contributed by atoms with E-state index in [1.807, 2.05) is 49.4 Å². The second kappa shape index (κ2) is 7.85. The van der Waals surface area contributed by atoms with Crippen molar-refractivity contribution in [3.8, 4) is 0 Å². The average Bonchev–Trinajstić information content (AvgIpc) is 2.73. The lowest BCUT2D eigenvalue weighted by Crippen LogP contribution is -2.14. The minimum Gasteiger partial charge on any atom is -0.279 e. The van der Waals surface area contributed by atoms with E-state index in [0.29, 0.717) is 11.3 Å². The monoisotopic (exact) mass is 401 g/mol. The standard InChI is InChI=1S/C23H19N3O2S/c1-17-11-13-20(14-12-17)29(27,28)26-21-9-3-2-6-19(21)16-25-22-10-4-7-18-8-5-15-24-23(18)22/h2-16,26H,1H3. The van der Waals surface area contributed by atoms with Gasteiger partial charge in [-0.15, -0.1) is 0 Å². The Labute approximate surface area is 169 Å². The summed E-state index contributed by atoms with van der Waals surface area (Å²) in [6.07, 6.45) is 3.38. The zero-order valence-corrected chi connectivity index (χ0v) is 16.6. The van der Waals surface area contributed by atoms with Crippen molar-refractivity contribution in [1.29, 1.82) is 0 Å². The highest BCUT2D eigenvalue weighted by Crippen LogP contribution is 2.25. The molecule has 4 aromatic rings. The third-order valence-corrected chi connectivity index (χ3v) is 5.87. The predicted molar refractivity (Wildman–Crippen MR) is 117 cm³/mol. The van der Waals surface area contributed by atoms with Crippen LogP contribution in [0.3, 0.4) is 0 Å². The van der Waals surface area contributed by atoms with Gasteiger partial charge in [0.05, 0.1) is 21.8 Å². The number of sulfonamides is 1. The van der Waals surface area contributed by atoms with Crippen molar-refractivity contribution in [2.45, 2.75) is 11.8 Å². The first-order valence-corrected chi connectivity index (χ1v) is 10.6. The molecule has 144 valence electrons. The highest BCUT2D eigenvalue weighted by atomic mass is 32.2. The Morgan fingerprint density at radius 3 is 2.48 bits per heavy atom. The number of hydrogen-bond acceptors (Lipinski definition) is 4. The van der Waals surface area contributed by atoms with Crippen LogP contribution in [0.1, 0.15) is 11.1 Å². The highest BCUT2D eigenvalue weighted by molar-refractivity contribution is 7.92. The molecule has 0 aliphatic carbocycles. The van der Waals surface area contributed by atoms with Gasteiger partial charge in [0.25, 0.3) is 10.0 Å². The first kappa shape index (κ1) is 18.8. The molecule has 0 saturated heterocycles. The summed E-state index contributed by atoms with van der Waals surface area (Å²) >= 11 is 0. The number of aromatic nitrogens is 1. The molecule has 29 heavy (non-hydrogen) atoms. The van der Waals surface area contributed by atoms with Gasteiger partial charge in [-0.3, -0.25) is 14.7 Å². The zero-order chi connectivity index (χ0) is 20.3. The van der Waals surface area contributed by atoms with Crippen LogP contribution < -0.4 is 4.72 Å². The number of rotatable bonds is 5. The summed E-state index contributed by atoms with van der Waals surface area (Å²) in [5.74, 6) is 0. The number of pyridine rings is 1. The van der Waals surface area contributed by atoms with Gasteiger partial charge in [0.1, 0.15) is 0 Å². The van der Waals surface area contributed by atoms with E-state index in [-0.39, 0.29) is 4.90 Å². The van der Waals surface area contributed by atoms with Crippen LogP contribution in [-0.4, -0.2) is 19.6 Å². The Balaban J connectivity index is 1.67. The number of nitrogens with zero attached hydrogens (tertiary/aromatic N) is 2. The molecular formula is C23H19N3O2S. The Hall–Kier alpha value is -3.51. The van der Waals surface area contributed by atoms with Crippen LogP contribution in [0.4, 0.5) is 11.4 Å². The fourth-order valence-corrected chi connectivity index (χ4v) is 4.04. The summed E-state index contributed by atoms with van der Waals surface area (Å²) < 4.78 is 28.2. The maximum absolute atomic E-state index is 12.7. The number of hydrogen-bond donors (Lipinski definition) is 1. The third kappa shape index (κ3) is 4.17. The number of nitrogens with one attached hydrogen (secondary N) is 1.